The molecule has 4 heteroatoms. The number of morpholine rings is 1. The first kappa shape index (κ1) is 12.5. The van der Waals surface area contributed by atoms with Gasteiger partial charge in [-0.15, -0.1) is 0 Å². The van der Waals surface area contributed by atoms with Crippen molar-refractivity contribution in [2.75, 3.05) is 26.2 Å². The molecule has 0 bridgehead atoms. The van der Waals surface area contributed by atoms with Crippen LogP contribution < -0.4 is 0 Å². The number of ether oxygens (including phenoxy) is 1. The Labute approximate surface area is 91.2 Å². The number of carboxylic acid groups (broad SMARTS) is 1. The minimum atomic E-state index is -0.845. The third kappa shape index (κ3) is 4.18. The number of carbonyl (C=O) groups is 1. The van der Waals surface area contributed by atoms with Gasteiger partial charge in [-0.05, 0) is 12.3 Å². The summed E-state index contributed by atoms with van der Waals surface area (Å²) in [7, 11) is 0. The lowest BCUT2D eigenvalue weighted by atomic mass is 10.1. The van der Waals surface area contributed by atoms with E-state index in [9.17, 15) is 4.79 Å². The van der Waals surface area contributed by atoms with Crippen LogP contribution in [0, 0.1) is 5.92 Å². The molecule has 0 amide bonds. The molecule has 1 aliphatic heterocycles. The Balaban J connectivity index is 2.32. The van der Waals surface area contributed by atoms with Gasteiger partial charge in [0.1, 0.15) is 0 Å². The van der Waals surface area contributed by atoms with Crippen LogP contribution in [0.1, 0.15) is 26.7 Å². The van der Waals surface area contributed by atoms with Crippen LogP contribution >= 0.6 is 0 Å². The lowest BCUT2D eigenvalue weighted by Crippen LogP contribution is -2.47. The Morgan fingerprint density at radius 1 is 1.67 bits per heavy atom. The maximum Gasteiger partial charge on any atom is 0.334 e. The Morgan fingerprint density at radius 2 is 2.40 bits per heavy atom. The van der Waals surface area contributed by atoms with Crippen molar-refractivity contribution < 1.29 is 14.6 Å². The van der Waals surface area contributed by atoms with Gasteiger partial charge in [-0.3, -0.25) is 4.90 Å². The molecule has 1 fully saturated rings. The van der Waals surface area contributed by atoms with Gasteiger partial charge >= 0.3 is 5.97 Å². The Bertz CT molecular complexity index is 208. The molecule has 88 valence electrons. The quantitative estimate of drug-likeness (QED) is 0.749. The molecule has 0 spiro atoms. The average molecular weight is 215 g/mol. The second kappa shape index (κ2) is 6.08. The largest absolute Gasteiger partial charge is 0.479 e. The van der Waals surface area contributed by atoms with Gasteiger partial charge in [-0.1, -0.05) is 20.3 Å². The first-order valence-electron chi connectivity index (χ1n) is 5.70. The van der Waals surface area contributed by atoms with Crippen molar-refractivity contribution in [1.82, 2.24) is 4.90 Å². The summed E-state index contributed by atoms with van der Waals surface area (Å²) in [6.45, 7) is 7.31. The standard InChI is InChI=1S/C11H21NO3/c1-3-4-9(2)7-12-5-6-15-10(8-12)11(13)14/h9-10H,3-8H2,1-2H3,(H,13,14). The van der Waals surface area contributed by atoms with Crippen LogP contribution in [-0.2, 0) is 9.53 Å². The van der Waals surface area contributed by atoms with Crippen molar-refractivity contribution in [2.24, 2.45) is 5.92 Å². The second-order valence-corrected chi connectivity index (χ2v) is 4.35. The highest BCUT2D eigenvalue weighted by Crippen LogP contribution is 2.11. The van der Waals surface area contributed by atoms with E-state index in [1.807, 2.05) is 0 Å². The molecule has 1 aliphatic rings. The van der Waals surface area contributed by atoms with Gasteiger partial charge in [0.15, 0.2) is 6.10 Å². The zero-order valence-corrected chi connectivity index (χ0v) is 9.61. The number of aliphatic carboxylic acids is 1. The molecule has 2 unspecified atom stereocenters. The molecule has 4 nitrogen and oxygen atoms in total. The summed E-state index contributed by atoms with van der Waals surface area (Å²) in [4.78, 5) is 13.0. The highest BCUT2D eigenvalue weighted by molar-refractivity contribution is 5.72. The van der Waals surface area contributed by atoms with Gasteiger partial charge in [0.05, 0.1) is 6.61 Å². The van der Waals surface area contributed by atoms with Crippen molar-refractivity contribution in [3.8, 4) is 0 Å². The predicted octanol–water partition coefficient (Wildman–Crippen LogP) is 1.21. The molecular formula is C11H21NO3. The van der Waals surface area contributed by atoms with Gasteiger partial charge < -0.3 is 9.84 Å². The Hall–Kier alpha value is -0.610. The molecule has 0 aromatic carbocycles. The van der Waals surface area contributed by atoms with E-state index in [0.29, 0.717) is 19.1 Å². The minimum absolute atomic E-state index is 0.531. The molecule has 0 radical (unpaired) electrons. The van der Waals surface area contributed by atoms with Crippen LogP contribution in [0.15, 0.2) is 0 Å². The molecule has 0 saturated carbocycles. The number of carboxylic acids is 1. The zero-order valence-electron chi connectivity index (χ0n) is 9.61. The summed E-state index contributed by atoms with van der Waals surface area (Å²) >= 11 is 0. The molecule has 1 N–H and O–H groups in total. The summed E-state index contributed by atoms with van der Waals surface area (Å²) < 4.78 is 5.17. The molecule has 15 heavy (non-hydrogen) atoms. The van der Waals surface area contributed by atoms with E-state index in [1.54, 1.807) is 0 Å². The topological polar surface area (TPSA) is 49.8 Å². The summed E-state index contributed by atoms with van der Waals surface area (Å²) in [5.41, 5.74) is 0. The third-order valence-electron chi connectivity index (χ3n) is 2.78. The van der Waals surface area contributed by atoms with Gasteiger partial charge in [-0.2, -0.15) is 0 Å². The molecular weight excluding hydrogens is 194 g/mol. The lowest BCUT2D eigenvalue weighted by Gasteiger charge is -2.32. The van der Waals surface area contributed by atoms with E-state index in [2.05, 4.69) is 18.7 Å². The predicted molar refractivity (Wildman–Crippen MR) is 57.9 cm³/mol. The van der Waals surface area contributed by atoms with E-state index in [0.717, 1.165) is 13.1 Å². The van der Waals surface area contributed by atoms with Crippen LogP contribution in [0.25, 0.3) is 0 Å². The normalized spacial score (nSPS) is 25.1. The van der Waals surface area contributed by atoms with E-state index in [-0.39, 0.29) is 0 Å². The fourth-order valence-corrected chi connectivity index (χ4v) is 2.04. The van der Waals surface area contributed by atoms with Gasteiger partial charge in [0.25, 0.3) is 0 Å². The molecule has 0 aromatic heterocycles. The smallest absolute Gasteiger partial charge is 0.334 e. The van der Waals surface area contributed by atoms with E-state index in [1.165, 1.54) is 12.8 Å². The van der Waals surface area contributed by atoms with Crippen molar-refractivity contribution in [2.45, 2.75) is 32.8 Å². The van der Waals surface area contributed by atoms with Crippen molar-refractivity contribution in [3.63, 3.8) is 0 Å². The van der Waals surface area contributed by atoms with Crippen LogP contribution in [0.4, 0.5) is 0 Å². The fraction of sp³-hybridized carbons (Fsp3) is 0.909. The van der Waals surface area contributed by atoms with E-state index in [4.69, 9.17) is 9.84 Å². The fourth-order valence-electron chi connectivity index (χ4n) is 2.04. The van der Waals surface area contributed by atoms with E-state index < -0.39 is 12.1 Å². The summed E-state index contributed by atoms with van der Waals surface area (Å²) in [5, 5.41) is 8.84. The van der Waals surface area contributed by atoms with Crippen molar-refractivity contribution in [1.29, 1.82) is 0 Å². The number of rotatable bonds is 5. The molecule has 1 saturated heterocycles. The maximum atomic E-state index is 10.8. The van der Waals surface area contributed by atoms with Gasteiger partial charge in [-0.25, -0.2) is 4.79 Å². The molecule has 1 rings (SSSR count). The van der Waals surface area contributed by atoms with Crippen LogP contribution in [0.5, 0.6) is 0 Å². The average Bonchev–Trinajstić information content (AvgIpc) is 2.18. The highest BCUT2D eigenvalue weighted by atomic mass is 16.5. The number of hydrogen-bond donors (Lipinski definition) is 1. The number of nitrogens with zero attached hydrogens (tertiary/aromatic N) is 1. The Morgan fingerprint density at radius 3 is 3.00 bits per heavy atom. The monoisotopic (exact) mass is 215 g/mol. The second-order valence-electron chi connectivity index (χ2n) is 4.35. The summed E-state index contributed by atoms with van der Waals surface area (Å²) in [6.07, 6.45) is 1.76. The summed E-state index contributed by atoms with van der Waals surface area (Å²) in [5.74, 6) is -0.203. The minimum Gasteiger partial charge on any atom is -0.479 e. The van der Waals surface area contributed by atoms with Crippen molar-refractivity contribution in [3.05, 3.63) is 0 Å². The van der Waals surface area contributed by atoms with Crippen LogP contribution in [-0.4, -0.2) is 48.3 Å². The lowest BCUT2D eigenvalue weighted by molar-refractivity contribution is -0.156. The first-order chi connectivity index (χ1) is 7.13. The van der Waals surface area contributed by atoms with Gasteiger partial charge in [0.2, 0.25) is 0 Å². The molecule has 0 aromatic rings. The van der Waals surface area contributed by atoms with E-state index >= 15 is 0 Å². The Kier molecular flexibility index (Phi) is 5.05. The number of hydrogen-bond acceptors (Lipinski definition) is 3. The zero-order chi connectivity index (χ0) is 11.3. The maximum absolute atomic E-state index is 10.8. The van der Waals surface area contributed by atoms with Gasteiger partial charge in [0, 0.05) is 19.6 Å². The summed E-state index contributed by atoms with van der Waals surface area (Å²) in [6, 6.07) is 0. The first-order valence-corrected chi connectivity index (χ1v) is 5.70. The SMILES string of the molecule is CCCC(C)CN1CCOC(C(=O)O)C1. The molecule has 2 atom stereocenters. The third-order valence-corrected chi connectivity index (χ3v) is 2.78. The molecule has 0 aliphatic carbocycles. The van der Waals surface area contributed by atoms with Crippen molar-refractivity contribution >= 4 is 5.97 Å². The molecule has 1 heterocycles. The van der Waals surface area contributed by atoms with Crippen LogP contribution in [0.2, 0.25) is 0 Å². The highest BCUT2D eigenvalue weighted by Gasteiger charge is 2.26. The van der Waals surface area contributed by atoms with Crippen LogP contribution in [0.3, 0.4) is 0 Å².